The maximum Gasteiger partial charge on any atom is 0.263 e. The van der Waals surface area contributed by atoms with Gasteiger partial charge in [0.05, 0.1) is 4.90 Å². The fraction of sp³-hybridized carbons (Fsp3) is 0.308. The summed E-state index contributed by atoms with van der Waals surface area (Å²) >= 11 is 1.32. The largest absolute Gasteiger partial charge is 0.263 e. The molecular formula is C13H16N2O2S2. The number of anilines is 1. The first-order valence-electron chi connectivity index (χ1n) is 6.05. The standard InChI is InChI=1S/C13H16N2O2S2/c1-3-4-11-5-7-12(8-6-11)19(16,17)15-13-14-9-10(2)18-13/h5-9H,3-4H2,1-2H3,(H,14,15). The Morgan fingerprint density at radius 2 is 1.95 bits per heavy atom. The van der Waals surface area contributed by atoms with Gasteiger partial charge in [-0.2, -0.15) is 0 Å². The SMILES string of the molecule is CCCc1ccc(S(=O)(=O)Nc2ncc(C)s2)cc1. The van der Waals surface area contributed by atoms with Crippen LogP contribution >= 0.6 is 11.3 Å². The van der Waals surface area contributed by atoms with Gasteiger partial charge < -0.3 is 0 Å². The predicted molar refractivity (Wildman–Crippen MR) is 78.1 cm³/mol. The van der Waals surface area contributed by atoms with E-state index in [0.717, 1.165) is 23.3 Å². The maximum atomic E-state index is 12.1. The summed E-state index contributed by atoms with van der Waals surface area (Å²) in [6.45, 7) is 3.98. The van der Waals surface area contributed by atoms with Crippen molar-refractivity contribution in [2.75, 3.05) is 4.72 Å². The number of hydrogen-bond donors (Lipinski definition) is 1. The first kappa shape index (κ1) is 14.0. The van der Waals surface area contributed by atoms with Crippen LogP contribution in [0.1, 0.15) is 23.8 Å². The number of aromatic nitrogens is 1. The molecular weight excluding hydrogens is 280 g/mol. The first-order valence-corrected chi connectivity index (χ1v) is 8.35. The molecule has 0 atom stereocenters. The molecule has 0 unspecified atom stereocenters. The molecule has 6 heteroatoms. The van der Waals surface area contributed by atoms with Crippen LogP contribution in [0.4, 0.5) is 5.13 Å². The van der Waals surface area contributed by atoms with E-state index in [1.807, 2.05) is 19.1 Å². The topological polar surface area (TPSA) is 59.1 Å². The molecule has 0 aliphatic heterocycles. The van der Waals surface area contributed by atoms with E-state index >= 15 is 0 Å². The Morgan fingerprint density at radius 1 is 1.26 bits per heavy atom. The summed E-state index contributed by atoms with van der Waals surface area (Å²) in [6, 6.07) is 6.97. The van der Waals surface area contributed by atoms with E-state index in [1.165, 1.54) is 11.3 Å². The van der Waals surface area contributed by atoms with Gasteiger partial charge in [0.15, 0.2) is 5.13 Å². The quantitative estimate of drug-likeness (QED) is 0.921. The van der Waals surface area contributed by atoms with Crippen molar-refractivity contribution in [3.63, 3.8) is 0 Å². The van der Waals surface area contributed by atoms with Crippen molar-refractivity contribution in [2.24, 2.45) is 0 Å². The van der Waals surface area contributed by atoms with Crippen molar-refractivity contribution in [3.8, 4) is 0 Å². The highest BCUT2D eigenvalue weighted by atomic mass is 32.2. The van der Waals surface area contributed by atoms with E-state index in [4.69, 9.17) is 0 Å². The van der Waals surface area contributed by atoms with Crippen LogP contribution in [0.5, 0.6) is 0 Å². The summed E-state index contributed by atoms with van der Waals surface area (Å²) in [6.07, 6.45) is 3.65. The number of nitrogens with zero attached hydrogens (tertiary/aromatic N) is 1. The molecule has 0 fully saturated rings. The molecule has 1 aromatic heterocycles. The first-order chi connectivity index (χ1) is 9.01. The highest BCUT2D eigenvalue weighted by molar-refractivity contribution is 7.93. The molecule has 4 nitrogen and oxygen atoms in total. The molecule has 1 aromatic carbocycles. The molecule has 0 amide bonds. The molecule has 2 rings (SSSR count). The number of hydrogen-bond acceptors (Lipinski definition) is 4. The molecule has 0 spiro atoms. The molecule has 0 aliphatic carbocycles. The molecule has 1 heterocycles. The highest BCUT2D eigenvalue weighted by Crippen LogP contribution is 2.21. The van der Waals surface area contributed by atoms with Crippen molar-refractivity contribution in [2.45, 2.75) is 31.6 Å². The van der Waals surface area contributed by atoms with Gasteiger partial charge in [-0.05, 0) is 31.0 Å². The second-order valence-electron chi connectivity index (χ2n) is 4.28. The molecule has 102 valence electrons. The molecule has 2 aromatic rings. The molecule has 0 bridgehead atoms. The van der Waals surface area contributed by atoms with Crippen LogP contribution in [0.25, 0.3) is 0 Å². The lowest BCUT2D eigenvalue weighted by molar-refractivity contribution is 0.601. The minimum absolute atomic E-state index is 0.264. The van der Waals surface area contributed by atoms with E-state index in [2.05, 4.69) is 16.6 Å². The maximum absolute atomic E-state index is 12.1. The van der Waals surface area contributed by atoms with Crippen molar-refractivity contribution in [3.05, 3.63) is 40.9 Å². The van der Waals surface area contributed by atoms with Gasteiger partial charge in [0.25, 0.3) is 10.0 Å². The van der Waals surface area contributed by atoms with Crippen LogP contribution in [0, 0.1) is 6.92 Å². The molecule has 0 radical (unpaired) electrons. The van der Waals surface area contributed by atoms with Gasteiger partial charge in [-0.25, -0.2) is 13.4 Å². The number of thiazole rings is 1. The van der Waals surface area contributed by atoms with Crippen LogP contribution < -0.4 is 4.72 Å². The Balaban J connectivity index is 2.19. The summed E-state index contributed by atoms with van der Waals surface area (Å²) in [5.41, 5.74) is 1.14. The minimum atomic E-state index is -3.53. The van der Waals surface area contributed by atoms with Crippen LogP contribution in [0.3, 0.4) is 0 Å². The van der Waals surface area contributed by atoms with Crippen molar-refractivity contribution >= 4 is 26.5 Å². The summed E-state index contributed by atoms with van der Waals surface area (Å²) in [5.74, 6) is 0. The molecule has 1 N–H and O–H groups in total. The molecule has 0 aliphatic rings. The van der Waals surface area contributed by atoms with E-state index < -0.39 is 10.0 Å². The molecule has 0 saturated heterocycles. The smallest absolute Gasteiger partial charge is 0.255 e. The third-order valence-corrected chi connectivity index (χ3v) is 4.93. The van der Waals surface area contributed by atoms with Gasteiger partial charge >= 0.3 is 0 Å². The van der Waals surface area contributed by atoms with E-state index in [9.17, 15) is 8.42 Å². The highest BCUT2D eigenvalue weighted by Gasteiger charge is 2.15. The lowest BCUT2D eigenvalue weighted by Crippen LogP contribution is -2.12. The zero-order valence-electron chi connectivity index (χ0n) is 10.9. The van der Waals surface area contributed by atoms with E-state index in [1.54, 1.807) is 18.3 Å². The zero-order valence-corrected chi connectivity index (χ0v) is 12.5. The predicted octanol–water partition coefficient (Wildman–Crippen LogP) is 3.20. The molecule has 0 saturated carbocycles. The fourth-order valence-corrected chi connectivity index (χ4v) is 3.61. The van der Waals surface area contributed by atoms with Crippen LogP contribution in [-0.4, -0.2) is 13.4 Å². The fourth-order valence-electron chi connectivity index (χ4n) is 1.70. The second-order valence-corrected chi connectivity index (χ2v) is 7.19. The van der Waals surface area contributed by atoms with Gasteiger partial charge in [-0.1, -0.05) is 25.5 Å². The third-order valence-electron chi connectivity index (χ3n) is 2.62. The normalized spacial score (nSPS) is 11.5. The number of nitrogens with one attached hydrogen (secondary N) is 1. The summed E-state index contributed by atoms with van der Waals surface area (Å²) in [7, 11) is -3.53. The summed E-state index contributed by atoms with van der Waals surface area (Å²) < 4.78 is 26.8. The Morgan fingerprint density at radius 3 is 2.47 bits per heavy atom. The Labute approximate surface area is 117 Å². The monoisotopic (exact) mass is 296 g/mol. The minimum Gasteiger partial charge on any atom is -0.255 e. The van der Waals surface area contributed by atoms with Crippen molar-refractivity contribution < 1.29 is 8.42 Å². The number of rotatable bonds is 5. The van der Waals surface area contributed by atoms with E-state index in [0.29, 0.717) is 5.13 Å². The molecule has 19 heavy (non-hydrogen) atoms. The van der Waals surface area contributed by atoms with Gasteiger partial charge in [-0.3, -0.25) is 4.72 Å². The van der Waals surface area contributed by atoms with Gasteiger partial charge in [0.2, 0.25) is 0 Å². The van der Waals surface area contributed by atoms with E-state index in [-0.39, 0.29) is 4.90 Å². The zero-order chi connectivity index (χ0) is 13.9. The Hall–Kier alpha value is -1.40. The lowest BCUT2D eigenvalue weighted by Gasteiger charge is -2.06. The average Bonchev–Trinajstić information content (AvgIpc) is 2.75. The van der Waals surface area contributed by atoms with Gasteiger partial charge in [0.1, 0.15) is 0 Å². The Kier molecular flexibility index (Phi) is 4.21. The Bertz CT molecular complexity index is 646. The lowest BCUT2D eigenvalue weighted by atomic mass is 10.1. The number of aryl methyl sites for hydroxylation is 2. The van der Waals surface area contributed by atoms with Gasteiger partial charge in [0, 0.05) is 11.1 Å². The van der Waals surface area contributed by atoms with Crippen LogP contribution in [0.2, 0.25) is 0 Å². The van der Waals surface area contributed by atoms with Crippen molar-refractivity contribution in [1.29, 1.82) is 0 Å². The second kappa shape index (κ2) is 5.71. The number of benzene rings is 1. The van der Waals surface area contributed by atoms with Crippen LogP contribution in [0.15, 0.2) is 35.4 Å². The third kappa shape index (κ3) is 3.54. The van der Waals surface area contributed by atoms with Gasteiger partial charge in [-0.15, -0.1) is 11.3 Å². The summed E-state index contributed by atoms with van der Waals surface area (Å²) in [5, 5.41) is 0.398. The van der Waals surface area contributed by atoms with Crippen LogP contribution in [-0.2, 0) is 16.4 Å². The summed E-state index contributed by atoms with van der Waals surface area (Å²) in [4.78, 5) is 5.23. The number of sulfonamides is 1. The van der Waals surface area contributed by atoms with Crippen molar-refractivity contribution in [1.82, 2.24) is 4.98 Å². The average molecular weight is 296 g/mol.